The van der Waals surface area contributed by atoms with E-state index in [1.165, 1.54) is 12.1 Å². The van der Waals surface area contributed by atoms with Crippen LogP contribution in [-0.2, 0) is 21.1 Å². The van der Waals surface area contributed by atoms with Gasteiger partial charge in [-0.3, -0.25) is 4.99 Å². The Labute approximate surface area is 170 Å². The minimum Gasteiger partial charge on any atom is -0.381 e. The number of hydrogen-bond donors (Lipinski definition) is 1. The van der Waals surface area contributed by atoms with E-state index < -0.39 is 17.2 Å². The number of aliphatic imine (C=N–C) groups is 1. The fourth-order valence-corrected chi connectivity index (χ4v) is 4.19. The molecule has 2 aliphatic rings. The fourth-order valence-electron chi connectivity index (χ4n) is 4.19. The Hall–Kier alpha value is -1.80. The van der Waals surface area contributed by atoms with Crippen molar-refractivity contribution in [2.45, 2.75) is 30.9 Å². The number of rotatable bonds is 5. The molecule has 2 fully saturated rings. The highest BCUT2D eigenvalue weighted by Gasteiger charge is 2.37. The van der Waals surface area contributed by atoms with Crippen LogP contribution in [-0.4, -0.2) is 64.5 Å². The lowest BCUT2D eigenvalue weighted by Crippen LogP contribution is -2.49. The van der Waals surface area contributed by atoms with Crippen LogP contribution < -0.4 is 5.32 Å². The second-order valence-electron chi connectivity index (χ2n) is 7.98. The second kappa shape index (κ2) is 9.34. The summed E-state index contributed by atoms with van der Waals surface area (Å²) in [4.78, 5) is 6.44. The number of hydrogen-bond acceptors (Lipinski definition) is 3. The van der Waals surface area contributed by atoms with Crippen LogP contribution in [0.2, 0.25) is 0 Å². The van der Waals surface area contributed by atoms with Crippen LogP contribution in [0.3, 0.4) is 0 Å². The minimum atomic E-state index is -4.35. The number of halogens is 3. The normalized spacial score (nSPS) is 22.5. The van der Waals surface area contributed by atoms with Crippen molar-refractivity contribution in [1.82, 2.24) is 10.2 Å². The molecule has 5 nitrogen and oxygen atoms in total. The van der Waals surface area contributed by atoms with Crippen molar-refractivity contribution in [3.05, 3.63) is 35.4 Å². The van der Waals surface area contributed by atoms with E-state index in [0.717, 1.165) is 38.2 Å². The smallest absolute Gasteiger partial charge is 0.381 e. The first kappa shape index (κ1) is 21.9. The Bertz CT molecular complexity index is 697. The van der Waals surface area contributed by atoms with Crippen molar-refractivity contribution in [1.29, 1.82) is 0 Å². The predicted octanol–water partition coefficient (Wildman–Crippen LogP) is 3.30. The van der Waals surface area contributed by atoms with Crippen LogP contribution in [0.15, 0.2) is 29.3 Å². The molecule has 2 heterocycles. The van der Waals surface area contributed by atoms with E-state index in [1.54, 1.807) is 13.1 Å². The number of nitrogens with zero attached hydrogens (tertiary/aromatic N) is 2. The molecule has 162 valence electrons. The van der Waals surface area contributed by atoms with Gasteiger partial charge < -0.3 is 19.7 Å². The van der Waals surface area contributed by atoms with E-state index >= 15 is 0 Å². The highest BCUT2D eigenvalue weighted by atomic mass is 19.4. The van der Waals surface area contributed by atoms with Gasteiger partial charge in [0.2, 0.25) is 0 Å². The molecule has 0 saturated carbocycles. The van der Waals surface area contributed by atoms with Gasteiger partial charge in [-0.2, -0.15) is 13.2 Å². The van der Waals surface area contributed by atoms with Crippen LogP contribution in [0.5, 0.6) is 0 Å². The fraction of sp³-hybridized carbons (Fsp3) is 0.667. The number of ether oxygens (including phenoxy) is 2. The molecule has 2 aliphatic heterocycles. The van der Waals surface area contributed by atoms with Gasteiger partial charge in [0, 0.05) is 58.3 Å². The Morgan fingerprint density at radius 1 is 1.24 bits per heavy atom. The van der Waals surface area contributed by atoms with E-state index in [4.69, 9.17) is 9.47 Å². The Morgan fingerprint density at radius 3 is 2.62 bits per heavy atom. The topological polar surface area (TPSA) is 46.1 Å². The molecular weight excluding hydrogens is 383 g/mol. The minimum absolute atomic E-state index is 0.424. The van der Waals surface area contributed by atoms with E-state index in [2.05, 4.69) is 15.2 Å². The zero-order valence-corrected chi connectivity index (χ0v) is 17.1. The predicted molar refractivity (Wildman–Crippen MR) is 106 cm³/mol. The number of benzene rings is 1. The molecule has 0 amide bonds. The standard InChI is InChI=1S/C21H30F3N3O2/c1-25-19(27(2)13-16-6-9-29-14-16)26-15-20(7-10-28-11-8-20)17-4-3-5-18(12-17)21(22,23)24/h3-5,12,16H,6-11,13-15H2,1-2H3,(H,25,26). The molecule has 0 aromatic heterocycles. The van der Waals surface area contributed by atoms with Gasteiger partial charge >= 0.3 is 6.18 Å². The van der Waals surface area contributed by atoms with Crippen molar-refractivity contribution in [3.8, 4) is 0 Å². The van der Waals surface area contributed by atoms with Gasteiger partial charge in [-0.25, -0.2) is 0 Å². The molecule has 0 radical (unpaired) electrons. The van der Waals surface area contributed by atoms with E-state index in [1.807, 2.05) is 7.05 Å². The Kier molecular flexibility index (Phi) is 7.05. The highest BCUT2D eigenvalue weighted by molar-refractivity contribution is 5.79. The molecule has 29 heavy (non-hydrogen) atoms. The van der Waals surface area contributed by atoms with Crippen LogP contribution in [0.1, 0.15) is 30.4 Å². The lowest BCUT2D eigenvalue weighted by molar-refractivity contribution is -0.137. The summed E-state index contributed by atoms with van der Waals surface area (Å²) < 4.78 is 50.7. The molecule has 0 spiro atoms. The lowest BCUT2D eigenvalue weighted by Gasteiger charge is -2.39. The van der Waals surface area contributed by atoms with Gasteiger partial charge in [0.05, 0.1) is 12.2 Å². The zero-order chi connectivity index (χ0) is 20.9. The van der Waals surface area contributed by atoms with Gasteiger partial charge in [-0.15, -0.1) is 0 Å². The monoisotopic (exact) mass is 413 g/mol. The van der Waals surface area contributed by atoms with Crippen molar-refractivity contribution in [3.63, 3.8) is 0 Å². The Morgan fingerprint density at radius 2 is 2.00 bits per heavy atom. The Balaban J connectivity index is 1.75. The molecule has 0 aliphatic carbocycles. The summed E-state index contributed by atoms with van der Waals surface area (Å²) in [6.07, 6.45) is -1.99. The summed E-state index contributed by atoms with van der Waals surface area (Å²) in [5.41, 5.74) is -0.332. The van der Waals surface area contributed by atoms with E-state index in [9.17, 15) is 13.2 Å². The molecule has 1 aromatic rings. The number of alkyl halides is 3. The van der Waals surface area contributed by atoms with Gasteiger partial charge in [0.15, 0.2) is 5.96 Å². The molecule has 1 unspecified atom stereocenters. The average molecular weight is 413 g/mol. The molecular formula is C21H30F3N3O2. The molecule has 1 atom stereocenters. The first-order chi connectivity index (χ1) is 13.8. The van der Waals surface area contributed by atoms with Crippen molar-refractivity contribution >= 4 is 5.96 Å². The third-order valence-electron chi connectivity index (χ3n) is 5.97. The van der Waals surface area contributed by atoms with Gasteiger partial charge in [0.1, 0.15) is 0 Å². The third-order valence-corrected chi connectivity index (χ3v) is 5.97. The van der Waals surface area contributed by atoms with Crippen LogP contribution in [0.4, 0.5) is 13.2 Å². The average Bonchev–Trinajstić information content (AvgIpc) is 3.21. The zero-order valence-electron chi connectivity index (χ0n) is 17.1. The van der Waals surface area contributed by atoms with Gasteiger partial charge in [0.25, 0.3) is 0 Å². The summed E-state index contributed by atoms with van der Waals surface area (Å²) in [6.45, 7) is 3.96. The maximum atomic E-state index is 13.3. The maximum Gasteiger partial charge on any atom is 0.416 e. The lowest BCUT2D eigenvalue weighted by atomic mass is 9.73. The van der Waals surface area contributed by atoms with Gasteiger partial charge in [-0.05, 0) is 30.9 Å². The van der Waals surface area contributed by atoms with Crippen LogP contribution in [0, 0.1) is 5.92 Å². The summed E-state index contributed by atoms with van der Waals surface area (Å²) in [5.74, 6) is 1.22. The first-order valence-corrected chi connectivity index (χ1v) is 10.1. The van der Waals surface area contributed by atoms with E-state index in [-0.39, 0.29) is 0 Å². The summed E-state index contributed by atoms with van der Waals surface area (Å²) in [5, 5.41) is 3.41. The summed E-state index contributed by atoms with van der Waals surface area (Å²) in [7, 11) is 3.71. The number of nitrogens with one attached hydrogen (secondary N) is 1. The first-order valence-electron chi connectivity index (χ1n) is 10.1. The molecule has 8 heteroatoms. The number of guanidine groups is 1. The third kappa shape index (κ3) is 5.42. The van der Waals surface area contributed by atoms with Crippen molar-refractivity contribution < 1.29 is 22.6 Å². The summed E-state index contributed by atoms with van der Waals surface area (Å²) in [6, 6.07) is 5.71. The highest BCUT2D eigenvalue weighted by Crippen LogP contribution is 2.37. The largest absolute Gasteiger partial charge is 0.416 e. The molecule has 1 aromatic carbocycles. The SMILES string of the molecule is CN=C(NCC1(c2cccc(C(F)(F)F)c2)CCOCC1)N(C)CC1CCOC1. The van der Waals surface area contributed by atoms with Crippen LogP contribution >= 0.6 is 0 Å². The van der Waals surface area contributed by atoms with E-state index in [0.29, 0.717) is 44.1 Å². The second-order valence-corrected chi connectivity index (χ2v) is 7.98. The molecule has 2 saturated heterocycles. The quantitative estimate of drug-likeness (QED) is 0.594. The molecule has 0 bridgehead atoms. The van der Waals surface area contributed by atoms with Crippen molar-refractivity contribution in [2.75, 3.05) is 53.6 Å². The summed E-state index contributed by atoms with van der Waals surface area (Å²) >= 11 is 0. The van der Waals surface area contributed by atoms with Crippen molar-refractivity contribution in [2.24, 2.45) is 10.9 Å². The van der Waals surface area contributed by atoms with Crippen LogP contribution in [0.25, 0.3) is 0 Å². The molecule has 3 rings (SSSR count). The maximum absolute atomic E-state index is 13.3. The van der Waals surface area contributed by atoms with Gasteiger partial charge in [-0.1, -0.05) is 18.2 Å². The molecule has 1 N–H and O–H groups in total.